The molecule has 0 saturated carbocycles. The van der Waals surface area contributed by atoms with E-state index in [0.29, 0.717) is 26.1 Å². The number of ether oxygens (including phenoxy) is 4. The van der Waals surface area contributed by atoms with Crippen LogP contribution in [-0.2, 0) is 51.3 Å². The van der Waals surface area contributed by atoms with Crippen LogP contribution in [0.5, 0.6) is 0 Å². The maximum Gasteiger partial charge on any atom is 2.00 e. The van der Waals surface area contributed by atoms with E-state index in [-0.39, 0.29) is 98.1 Å². The van der Waals surface area contributed by atoms with E-state index in [9.17, 15) is 29.4 Å². The maximum absolute atomic E-state index is 11.6. The monoisotopic (exact) mass is 1030 g/mol. The topological polar surface area (TPSA) is 151 Å². The van der Waals surface area contributed by atoms with Crippen molar-refractivity contribution in [1.29, 1.82) is 0 Å². The molecule has 0 N–H and O–H groups in total. The second kappa shape index (κ2) is 44.3. The van der Waals surface area contributed by atoms with E-state index in [2.05, 4.69) is 38.1 Å². The summed E-state index contributed by atoms with van der Waals surface area (Å²) in [6, 6.07) is 20.2. The van der Waals surface area contributed by atoms with Gasteiger partial charge in [-0.1, -0.05) is 164 Å². The number of hydrogen-bond acceptors (Lipinski definition) is 10. The number of rotatable bonds is 40. The number of carbonyl (C=O) groups is 4. The van der Waals surface area contributed by atoms with Crippen molar-refractivity contribution >= 4 is 72.8 Å². The first kappa shape index (κ1) is 62.8. The van der Waals surface area contributed by atoms with Crippen LogP contribution in [0.1, 0.15) is 219 Å². The minimum atomic E-state index is -0.985. The zero-order chi connectivity index (χ0) is 46.9. The average Bonchev–Trinajstić information content (AvgIpc) is 3.27. The Morgan fingerprint density at radius 3 is 1.03 bits per heavy atom. The van der Waals surface area contributed by atoms with Gasteiger partial charge in [-0.2, -0.15) is 0 Å². The summed E-state index contributed by atoms with van der Waals surface area (Å²) in [5.74, 6) is -2.41. The van der Waals surface area contributed by atoms with Crippen molar-refractivity contribution in [2.45, 2.75) is 245 Å². The Labute approximate surface area is 434 Å². The quantitative estimate of drug-likeness (QED) is 0.0358. The largest absolute Gasteiger partial charge is 2.00 e. The van der Waals surface area contributed by atoms with Gasteiger partial charge >= 0.3 is 60.8 Å². The van der Waals surface area contributed by atoms with E-state index in [1.54, 1.807) is 0 Å². The van der Waals surface area contributed by atoms with Gasteiger partial charge in [0, 0.05) is 25.8 Å². The van der Waals surface area contributed by atoms with Crippen molar-refractivity contribution in [3.63, 3.8) is 0 Å². The molecular formula is C54H86BaO10. The number of hydrogen-bond donors (Lipinski definition) is 0. The number of aliphatic carboxylic acids is 2. The third-order valence-electron chi connectivity index (χ3n) is 11.5. The number of unbranched alkanes of at least 4 members (excludes halogenated alkanes) is 14. The average molecular weight is 1030 g/mol. The number of carboxylic acid groups (broad SMARTS) is 2. The third kappa shape index (κ3) is 40.6. The fraction of sp³-hybridized carbons (Fsp3) is 0.704. The Bertz CT molecular complexity index is 1320. The van der Waals surface area contributed by atoms with Crippen LogP contribution in [0.2, 0.25) is 0 Å². The molecule has 0 spiro atoms. The summed E-state index contributed by atoms with van der Waals surface area (Å²) in [5.41, 5.74) is 2.27. The van der Waals surface area contributed by atoms with Gasteiger partial charge in [0.2, 0.25) is 0 Å². The molecule has 0 radical (unpaired) electrons. The number of carboxylic acids is 2. The van der Waals surface area contributed by atoms with Crippen LogP contribution in [0.15, 0.2) is 60.7 Å². The molecule has 2 rings (SSSR count). The molecule has 0 aliphatic carbocycles. The van der Waals surface area contributed by atoms with Crippen LogP contribution in [0, 0.1) is 0 Å². The molecule has 0 heterocycles. The van der Waals surface area contributed by atoms with Gasteiger partial charge < -0.3 is 38.7 Å². The summed E-state index contributed by atoms with van der Waals surface area (Å²) in [6.45, 7) is 8.51. The van der Waals surface area contributed by atoms with Crippen LogP contribution >= 0.6 is 0 Å². The van der Waals surface area contributed by atoms with E-state index in [1.807, 2.05) is 36.4 Å². The first-order valence-electron chi connectivity index (χ1n) is 25.1. The molecule has 10 nitrogen and oxygen atoms in total. The van der Waals surface area contributed by atoms with Crippen LogP contribution in [0.25, 0.3) is 0 Å². The zero-order valence-corrected chi connectivity index (χ0v) is 45.5. The molecule has 364 valence electrons. The standard InChI is InChI=1S/2C27H44O5.Ba/c2*1-3-4-5-6-7-12-18-26(32-23(2)28)21-20-25(17-13-9-14-19-27(29)30)31-22-24-15-10-8-11-16-24;/h2*8,10-11,15-16,25-26H,3-7,9,12-14,17-22H2,1-2H3,(H,29,30);/q;;+2/p-2. The summed E-state index contributed by atoms with van der Waals surface area (Å²) >= 11 is 0. The van der Waals surface area contributed by atoms with Crippen molar-refractivity contribution in [3.05, 3.63) is 71.8 Å². The SMILES string of the molecule is CCCCCCCCC(CCC(CCCCCC(=O)[O-])OCc1ccccc1)OC(C)=O.CCCCCCCCC(CCC(CCCCCC(=O)[O-])OCc1ccccc1)OC(C)=O.[Ba+2]. The first-order valence-corrected chi connectivity index (χ1v) is 25.1. The Morgan fingerprint density at radius 1 is 0.415 bits per heavy atom. The Morgan fingerprint density at radius 2 is 0.708 bits per heavy atom. The fourth-order valence-corrected chi connectivity index (χ4v) is 7.88. The van der Waals surface area contributed by atoms with Gasteiger partial charge in [-0.15, -0.1) is 0 Å². The number of benzene rings is 2. The van der Waals surface area contributed by atoms with Crippen LogP contribution in [0.3, 0.4) is 0 Å². The zero-order valence-electron chi connectivity index (χ0n) is 41.1. The molecule has 11 heteroatoms. The molecule has 2 aromatic rings. The molecule has 4 unspecified atom stereocenters. The summed E-state index contributed by atoms with van der Waals surface area (Å²) < 4.78 is 23.6. The molecule has 0 fully saturated rings. The molecule has 2 aromatic carbocycles. The summed E-state index contributed by atoms with van der Waals surface area (Å²) in [6.07, 6.45) is 26.6. The van der Waals surface area contributed by atoms with Crippen LogP contribution in [0.4, 0.5) is 0 Å². The molecule has 0 aromatic heterocycles. The van der Waals surface area contributed by atoms with E-state index < -0.39 is 11.9 Å². The van der Waals surface area contributed by atoms with Crippen molar-refractivity contribution in [2.75, 3.05) is 0 Å². The second-order valence-electron chi connectivity index (χ2n) is 17.5. The first-order chi connectivity index (χ1) is 31.0. The molecule has 0 aliphatic rings. The maximum atomic E-state index is 11.6. The summed E-state index contributed by atoms with van der Waals surface area (Å²) in [4.78, 5) is 44.4. The minimum Gasteiger partial charge on any atom is -0.550 e. The van der Waals surface area contributed by atoms with E-state index in [1.165, 1.54) is 78.1 Å². The molecular weight excluding hydrogens is 946 g/mol. The molecule has 65 heavy (non-hydrogen) atoms. The number of carbonyl (C=O) groups excluding carboxylic acids is 4. The predicted molar refractivity (Wildman–Crippen MR) is 258 cm³/mol. The van der Waals surface area contributed by atoms with Gasteiger partial charge in [0.1, 0.15) is 12.2 Å². The summed E-state index contributed by atoms with van der Waals surface area (Å²) in [5, 5.41) is 21.2. The predicted octanol–water partition coefficient (Wildman–Crippen LogP) is 11.1. The third-order valence-corrected chi connectivity index (χ3v) is 11.5. The normalized spacial score (nSPS) is 12.7. The molecule has 0 aliphatic heterocycles. The van der Waals surface area contributed by atoms with Crippen LogP contribution in [-0.4, -0.2) is 97.2 Å². The smallest absolute Gasteiger partial charge is 0.550 e. The van der Waals surface area contributed by atoms with Crippen molar-refractivity contribution in [1.82, 2.24) is 0 Å². The van der Waals surface area contributed by atoms with Gasteiger partial charge in [0.05, 0.1) is 25.4 Å². The Hall–Kier alpha value is -2.19. The van der Waals surface area contributed by atoms with E-state index >= 15 is 0 Å². The van der Waals surface area contributed by atoms with Gasteiger partial charge in [-0.25, -0.2) is 0 Å². The Kier molecular flexibility index (Phi) is 42.8. The number of esters is 2. The Balaban J connectivity index is 0.00000124. The van der Waals surface area contributed by atoms with Crippen molar-refractivity contribution < 1.29 is 48.3 Å². The van der Waals surface area contributed by atoms with Gasteiger partial charge in [-0.05, 0) is 101 Å². The minimum absolute atomic E-state index is 0. The van der Waals surface area contributed by atoms with Crippen molar-refractivity contribution in [3.8, 4) is 0 Å². The fourth-order valence-electron chi connectivity index (χ4n) is 7.88. The van der Waals surface area contributed by atoms with Crippen LogP contribution < -0.4 is 10.2 Å². The molecule has 4 atom stereocenters. The van der Waals surface area contributed by atoms with Gasteiger partial charge in [0.15, 0.2) is 0 Å². The summed E-state index contributed by atoms with van der Waals surface area (Å²) in [7, 11) is 0. The second-order valence-corrected chi connectivity index (χ2v) is 17.5. The van der Waals surface area contributed by atoms with E-state index in [0.717, 1.165) is 101 Å². The molecule has 0 saturated heterocycles. The molecule has 0 amide bonds. The van der Waals surface area contributed by atoms with Crippen molar-refractivity contribution in [2.24, 2.45) is 0 Å². The van der Waals surface area contributed by atoms with Gasteiger partial charge in [0.25, 0.3) is 0 Å². The molecule has 0 bridgehead atoms. The van der Waals surface area contributed by atoms with Gasteiger partial charge in [-0.3, -0.25) is 9.59 Å². The van der Waals surface area contributed by atoms with E-state index in [4.69, 9.17) is 18.9 Å².